The minimum absolute atomic E-state index is 0.0594. The highest BCUT2D eigenvalue weighted by atomic mass is 19.3. The zero-order chi connectivity index (χ0) is 48.0. The molecule has 1 unspecified atom stereocenters. The Balaban J connectivity index is 0.892. The molecule has 6 amide bonds. The van der Waals surface area contributed by atoms with Crippen LogP contribution in [0, 0.1) is 5.92 Å². The fourth-order valence-electron chi connectivity index (χ4n) is 8.63. The first-order valence-corrected chi connectivity index (χ1v) is 21.6. The van der Waals surface area contributed by atoms with Crippen LogP contribution in [0.4, 0.5) is 8.78 Å². The Bertz CT molecular complexity index is 2570. The molecule has 0 aliphatic carbocycles. The topological polar surface area (TPSA) is 235 Å². The number of amides is 6. The highest BCUT2D eigenvalue weighted by Gasteiger charge is 2.59. The average Bonchev–Trinajstić information content (AvgIpc) is 4.12. The first-order valence-electron chi connectivity index (χ1n) is 21.6. The van der Waals surface area contributed by atoms with E-state index in [-0.39, 0.29) is 31.2 Å². The molecule has 2 saturated heterocycles. The van der Waals surface area contributed by atoms with E-state index in [1.54, 1.807) is 46.1 Å². The number of carbonyl (C=O) groups excluding carboxylic acids is 7. The van der Waals surface area contributed by atoms with Crippen molar-refractivity contribution in [2.75, 3.05) is 47.4 Å². The third-order valence-electron chi connectivity index (χ3n) is 12.3. The number of ketones is 1. The molecule has 5 N–H and O–H groups in total. The van der Waals surface area contributed by atoms with Crippen LogP contribution in [0.1, 0.15) is 58.8 Å². The maximum absolute atomic E-state index is 14.8. The number of nitrogens with one attached hydrogen (secondary N) is 5. The van der Waals surface area contributed by atoms with Gasteiger partial charge in [-0.05, 0) is 66.9 Å². The minimum Gasteiger partial charge on any atom is -0.493 e. The second-order valence-electron chi connectivity index (χ2n) is 16.9. The summed E-state index contributed by atoms with van der Waals surface area (Å²) >= 11 is 0. The summed E-state index contributed by atoms with van der Waals surface area (Å²) in [6, 6.07) is 16.5. The van der Waals surface area contributed by atoms with Crippen molar-refractivity contribution in [2.45, 2.75) is 69.9 Å². The highest BCUT2D eigenvalue weighted by Crippen LogP contribution is 2.40. The Kier molecular flexibility index (Phi) is 14.3. The molecule has 7 rings (SSSR count). The Morgan fingerprint density at radius 3 is 2.40 bits per heavy atom. The first kappa shape index (κ1) is 47.7. The van der Waals surface area contributed by atoms with Gasteiger partial charge in [0.25, 0.3) is 17.7 Å². The molecule has 0 spiro atoms. The molecule has 1 aromatic heterocycles. The second kappa shape index (κ2) is 20.1. The van der Waals surface area contributed by atoms with Gasteiger partial charge in [0.15, 0.2) is 11.5 Å². The molecule has 3 aliphatic rings. The largest absolute Gasteiger partial charge is 0.493 e. The van der Waals surface area contributed by atoms with Crippen molar-refractivity contribution < 1.29 is 51.8 Å². The van der Waals surface area contributed by atoms with Crippen LogP contribution >= 0.6 is 0 Å². The van der Waals surface area contributed by atoms with Gasteiger partial charge in [0, 0.05) is 62.6 Å². The van der Waals surface area contributed by atoms with Crippen molar-refractivity contribution in [3.05, 3.63) is 94.7 Å². The summed E-state index contributed by atoms with van der Waals surface area (Å²) in [5.41, 5.74) is 3.06. The molecular formula is C46H52F2N10O9. The van der Waals surface area contributed by atoms with Crippen molar-refractivity contribution in [3.8, 4) is 22.8 Å². The van der Waals surface area contributed by atoms with Gasteiger partial charge < -0.3 is 45.9 Å². The van der Waals surface area contributed by atoms with Gasteiger partial charge in [-0.15, -0.1) is 5.10 Å². The zero-order valence-electron chi connectivity index (χ0n) is 37.4. The van der Waals surface area contributed by atoms with E-state index in [9.17, 15) is 42.3 Å². The van der Waals surface area contributed by atoms with E-state index in [1.807, 2.05) is 37.4 Å². The lowest BCUT2D eigenvalue weighted by Crippen LogP contribution is -2.57. The highest BCUT2D eigenvalue weighted by molar-refractivity contribution is 6.40. The number of aromatic nitrogens is 3. The van der Waals surface area contributed by atoms with E-state index >= 15 is 0 Å². The summed E-state index contributed by atoms with van der Waals surface area (Å²) in [6.07, 6.45) is 0.448. The number of nitrogens with zero attached hydrogens (tertiary/aromatic N) is 5. The standard InChI is InChI=1S/C46H52F2N10O9/c1-45(40(61)44(65)51-19-27-8-13-36(66-3)37(16-27)67-4)25-46(47,48)26-58(45)39(60)20-52-43(64)34-17-32(42(63)53-34)18-38(59)56-21-30-6-5-7-31(33(30)23-56)22-57-24-35(54-55-57)28-9-11-29(12-10-28)41(62)50-15-14-49-2/h5-13,16,24,32,34,49H,14-15,17-23,25-26H2,1-4H3,(H,50,62)(H,51,65)(H,52,64)(H,53,63)/t32-,34?,45-/m0/s1. The number of fused-ring (bicyclic) bond motifs is 1. The number of rotatable bonds is 18. The smallest absolute Gasteiger partial charge is 0.290 e. The maximum Gasteiger partial charge on any atom is 0.290 e. The molecule has 0 radical (unpaired) electrons. The number of halogens is 2. The van der Waals surface area contributed by atoms with E-state index in [0.29, 0.717) is 65.9 Å². The molecule has 354 valence electrons. The molecular weight excluding hydrogens is 875 g/mol. The van der Waals surface area contributed by atoms with Gasteiger partial charge >= 0.3 is 0 Å². The van der Waals surface area contributed by atoms with Crippen LogP contribution in [0.25, 0.3) is 11.3 Å². The molecule has 21 heteroatoms. The van der Waals surface area contributed by atoms with E-state index in [1.165, 1.54) is 14.2 Å². The third kappa shape index (κ3) is 10.7. The summed E-state index contributed by atoms with van der Waals surface area (Å²) in [7, 11) is 4.68. The Morgan fingerprint density at radius 2 is 1.67 bits per heavy atom. The van der Waals surface area contributed by atoms with Crippen molar-refractivity contribution >= 4 is 41.2 Å². The number of ether oxygens (including phenoxy) is 2. The van der Waals surface area contributed by atoms with E-state index < -0.39 is 72.3 Å². The molecule has 3 aliphatic heterocycles. The van der Waals surface area contributed by atoms with E-state index in [0.717, 1.165) is 29.2 Å². The van der Waals surface area contributed by atoms with Crippen LogP contribution in [-0.2, 0) is 54.9 Å². The summed E-state index contributed by atoms with van der Waals surface area (Å²) in [5, 5.41) is 21.8. The van der Waals surface area contributed by atoms with Crippen LogP contribution in [0.15, 0.2) is 66.9 Å². The van der Waals surface area contributed by atoms with Gasteiger partial charge in [-0.1, -0.05) is 41.6 Å². The van der Waals surface area contributed by atoms with Gasteiger partial charge in [-0.25, -0.2) is 13.5 Å². The SMILES string of the molecule is CNCCNC(=O)c1ccc(-c2cn(Cc3cccc4c3CN(C(=O)C[C@@H]3CC(C(=O)NCC(=O)N5CC(F)(F)C[C@@]5(C)C(=O)C(=O)NCc5ccc(OC)c(OC)c5)NC3=O)C4)nn2)cc1. The Labute approximate surface area is 384 Å². The minimum atomic E-state index is -3.50. The third-order valence-corrected chi connectivity index (χ3v) is 12.3. The van der Waals surface area contributed by atoms with Gasteiger partial charge in [0.2, 0.25) is 29.4 Å². The van der Waals surface area contributed by atoms with Gasteiger partial charge in [0.1, 0.15) is 17.3 Å². The number of likely N-dealkylation sites (N-methyl/N-ethyl adjacent to an activating group) is 1. The van der Waals surface area contributed by atoms with E-state index in [4.69, 9.17) is 9.47 Å². The zero-order valence-corrected chi connectivity index (χ0v) is 37.4. The predicted octanol–water partition coefficient (Wildman–Crippen LogP) is 1.32. The quantitative estimate of drug-likeness (QED) is 0.0703. The number of hydrogen-bond acceptors (Lipinski definition) is 12. The summed E-state index contributed by atoms with van der Waals surface area (Å²) in [4.78, 5) is 94.2. The number of alkyl halides is 2. The summed E-state index contributed by atoms with van der Waals surface area (Å²) in [5.74, 6) is -8.81. The second-order valence-corrected chi connectivity index (χ2v) is 16.9. The lowest BCUT2D eigenvalue weighted by atomic mass is 9.91. The number of methoxy groups -OCH3 is 2. The molecule has 0 bridgehead atoms. The van der Waals surface area contributed by atoms with Crippen LogP contribution < -0.4 is 36.1 Å². The molecule has 67 heavy (non-hydrogen) atoms. The van der Waals surface area contributed by atoms with Crippen molar-refractivity contribution in [1.82, 2.24) is 51.4 Å². The molecule has 0 saturated carbocycles. The van der Waals surface area contributed by atoms with Crippen molar-refractivity contribution in [2.24, 2.45) is 5.92 Å². The normalized spacial score (nSPS) is 19.3. The number of likely N-dealkylation sites (tertiary alicyclic amines) is 1. The summed E-state index contributed by atoms with van der Waals surface area (Å²) in [6.45, 7) is 1.12. The van der Waals surface area contributed by atoms with Crippen molar-refractivity contribution in [3.63, 3.8) is 0 Å². The molecule has 4 aromatic rings. The monoisotopic (exact) mass is 926 g/mol. The number of carbonyl (C=O) groups is 7. The molecule has 3 atom stereocenters. The van der Waals surface area contributed by atoms with Gasteiger partial charge in [-0.3, -0.25) is 33.6 Å². The van der Waals surface area contributed by atoms with E-state index in [2.05, 4.69) is 36.9 Å². The van der Waals surface area contributed by atoms with Gasteiger partial charge in [0.05, 0.1) is 40.1 Å². The molecule has 3 aromatic carbocycles. The number of Topliss-reactive ketones (excluding diaryl/α,β-unsaturated/α-hetero) is 1. The van der Waals surface area contributed by atoms with Crippen LogP contribution in [0.3, 0.4) is 0 Å². The van der Waals surface area contributed by atoms with Crippen LogP contribution in [0.5, 0.6) is 11.5 Å². The number of benzene rings is 3. The fraction of sp³-hybridized carbons (Fsp3) is 0.413. The molecule has 19 nitrogen and oxygen atoms in total. The van der Waals surface area contributed by atoms with Crippen molar-refractivity contribution in [1.29, 1.82) is 0 Å². The first-order chi connectivity index (χ1) is 32.0. The fourth-order valence-corrected chi connectivity index (χ4v) is 8.63. The average molecular weight is 927 g/mol. The summed E-state index contributed by atoms with van der Waals surface area (Å²) < 4.78 is 41.8. The lowest BCUT2D eigenvalue weighted by molar-refractivity contribution is -0.149. The molecule has 2 fully saturated rings. The van der Waals surface area contributed by atoms with Crippen LogP contribution in [-0.4, -0.2) is 131 Å². The molecule has 4 heterocycles. The Hall–Kier alpha value is -7.29. The van der Waals surface area contributed by atoms with Crippen LogP contribution in [0.2, 0.25) is 0 Å². The predicted molar refractivity (Wildman–Crippen MR) is 235 cm³/mol. The maximum atomic E-state index is 14.8. The van der Waals surface area contributed by atoms with Gasteiger partial charge in [-0.2, -0.15) is 0 Å². The lowest BCUT2D eigenvalue weighted by Gasteiger charge is -2.32. The Morgan fingerprint density at radius 1 is 0.910 bits per heavy atom. The number of hydrogen-bond donors (Lipinski definition) is 5.